The highest BCUT2D eigenvalue weighted by atomic mass is 127. The van der Waals surface area contributed by atoms with E-state index in [9.17, 15) is 0 Å². The van der Waals surface area contributed by atoms with Gasteiger partial charge in [0.05, 0.1) is 24.9 Å². The van der Waals surface area contributed by atoms with Crippen molar-refractivity contribution in [2.75, 3.05) is 26.3 Å². The van der Waals surface area contributed by atoms with Gasteiger partial charge in [0.1, 0.15) is 0 Å². The van der Waals surface area contributed by atoms with Crippen molar-refractivity contribution < 1.29 is 9.47 Å². The fourth-order valence-electron chi connectivity index (χ4n) is 4.01. The van der Waals surface area contributed by atoms with Crippen molar-refractivity contribution in [2.45, 2.75) is 51.9 Å². The molecular weight excluding hydrogens is 381 g/mol. The quantitative estimate of drug-likeness (QED) is 0.408. The molecule has 0 aromatic heterocycles. The summed E-state index contributed by atoms with van der Waals surface area (Å²) < 4.78 is 11.5. The molecule has 4 unspecified atom stereocenters. The number of ether oxygens (including phenoxy) is 2. The number of halogens is 1. The Bertz CT molecular complexity index is 402. The van der Waals surface area contributed by atoms with E-state index in [1.165, 1.54) is 6.42 Å². The van der Waals surface area contributed by atoms with Crippen LogP contribution in [0.25, 0.3) is 0 Å². The molecule has 0 radical (unpaired) electrons. The van der Waals surface area contributed by atoms with Crippen molar-refractivity contribution in [2.24, 2.45) is 22.1 Å². The topological polar surface area (TPSA) is 60.1 Å². The lowest BCUT2D eigenvalue weighted by Gasteiger charge is -2.58. The van der Waals surface area contributed by atoms with Gasteiger partial charge in [0, 0.05) is 31.0 Å². The summed E-state index contributed by atoms with van der Waals surface area (Å²) in [5.74, 6) is 1.23. The second kappa shape index (κ2) is 6.58. The molecule has 21 heavy (non-hydrogen) atoms. The molecule has 2 N–H and O–H groups in total. The summed E-state index contributed by atoms with van der Waals surface area (Å²) in [6.45, 7) is 9.91. The van der Waals surface area contributed by atoms with E-state index in [1.807, 2.05) is 0 Å². The van der Waals surface area contributed by atoms with Gasteiger partial charge in [0.15, 0.2) is 5.96 Å². The summed E-state index contributed by atoms with van der Waals surface area (Å²) in [7, 11) is 0. The molecule has 3 aliphatic rings. The molecule has 0 aromatic rings. The van der Waals surface area contributed by atoms with E-state index in [4.69, 9.17) is 20.2 Å². The summed E-state index contributed by atoms with van der Waals surface area (Å²) in [6, 6.07) is 0.297. The highest BCUT2D eigenvalue weighted by molar-refractivity contribution is 14.0. The Morgan fingerprint density at radius 2 is 2.05 bits per heavy atom. The molecule has 0 aromatic carbocycles. The van der Waals surface area contributed by atoms with Gasteiger partial charge in [-0.25, -0.2) is 4.99 Å². The number of aliphatic imine (C=N–C) groups is 1. The summed E-state index contributed by atoms with van der Waals surface area (Å²) >= 11 is 0. The summed E-state index contributed by atoms with van der Waals surface area (Å²) in [6.07, 6.45) is 2.96. The lowest BCUT2D eigenvalue weighted by Crippen LogP contribution is -2.64. The molecule has 1 saturated carbocycles. The smallest absolute Gasteiger partial charge is 0.191 e. The minimum atomic E-state index is 0. The van der Waals surface area contributed by atoms with Crippen molar-refractivity contribution in [3.8, 4) is 0 Å². The summed E-state index contributed by atoms with van der Waals surface area (Å²) in [4.78, 5) is 7.02. The van der Waals surface area contributed by atoms with Gasteiger partial charge in [0.2, 0.25) is 0 Å². The third-order valence-electron chi connectivity index (χ3n) is 5.11. The Labute approximate surface area is 144 Å². The van der Waals surface area contributed by atoms with Gasteiger partial charge >= 0.3 is 0 Å². The third-order valence-corrected chi connectivity index (χ3v) is 5.11. The minimum absolute atomic E-state index is 0. The van der Waals surface area contributed by atoms with Gasteiger partial charge < -0.3 is 20.1 Å². The van der Waals surface area contributed by atoms with E-state index in [2.05, 4.69) is 25.7 Å². The van der Waals surface area contributed by atoms with Crippen LogP contribution in [0.5, 0.6) is 0 Å². The van der Waals surface area contributed by atoms with Gasteiger partial charge in [-0.05, 0) is 19.8 Å². The molecule has 0 amide bonds. The van der Waals surface area contributed by atoms with Crippen molar-refractivity contribution >= 4 is 29.9 Å². The van der Waals surface area contributed by atoms with E-state index < -0.39 is 0 Å². The maximum Gasteiger partial charge on any atom is 0.191 e. The second-order valence-corrected chi connectivity index (χ2v) is 6.98. The van der Waals surface area contributed by atoms with E-state index in [1.54, 1.807) is 0 Å². The van der Waals surface area contributed by atoms with Crippen LogP contribution in [-0.4, -0.2) is 55.4 Å². The van der Waals surface area contributed by atoms with Gasteiger partial charge in [-0.3, -0.25) is 0 Å². The number of morpholine rings is 1. The molecule has 122 valence electrons. The molecule has 3 fully saturated rings. The Kier molecular flexibility index (Phi) is 5.41. The number of hydrogen-bond acceptors (Lipinski definition) is 3. The van der Waals surface area contributed by atoms with Crippen LogP contribution in [0, 0.1) is 11.3 Å². The Hall–Kier alpha value is -0.0800. The lowest BCUT2D eigenvalue weighted by atomic mass is 9.55. The van der Waals surface area contributed by atoms with Gasteiger partial charge in [0.25, 0.3) is 0 Å². The van der Waals surface area contributed by atoms with Crippen molar-refractivity contribution in [1.29, 1.82) is 0 Å². The van der Waals surface area contributed by atoms with Crippen LogP contribution in [-0.2, 0) is 9.47 Å². The molecule has 2 heterocycles. The molecule has 1 aliphatic carbocycles. The lowest BCUT2D eigenvalue weighted by molar-refractivity contribution is -0.182. The zero-order valence-corrected chi connectivity index (χ0v) is 15.6. The van der Waals surface area contributed by atoms with Crippen LogP contribution in [0.2, 0.25) is 0 Å². The van der Waals surface area contributed by atoms with Gasteiger partial charge in [-0.15, -0.1) is 24.0 Å². The largest absolute Gasteiger partial charge is 0.377 e. The fraction of sp³-hybridized carbons (Fsp3) is 0.933. The number of nitrogens with zero attached hydrogens (tertiary/aromatic N) is 2. The standard InChI is InChI=1S/C15H27N3O2.HI/c1-10-9-18(6-8-19-10)14(16)17-12-11-5-4-7-20-13(11)15(12,2)3;/h10-13H,4-9H2,1-3H3,(H2,16,17);1H. The van der Waals surface area contributed by atoms with E-state index in [-0.39, 0.29) is 35.5 Å². The predicted molar refractivity (Wildman–Crippen MR) is 94.1 cm³/mol. The maximum absolute atomic E-state index is 6.24. The number of guanidine groups is 1. The second-order valence-electron chi connectivity index (χ2n) is 6.98. The molecule has 3 rings (SSSR count). The first-order valence-electron chi connectivity index (χ1n) is 7.81. The zero-order chi connectivity index (χ0) is 14.3. The summed E-state index contributed by atoms with van der Waals surface area (Å²) in [5.41, 5.74) is 6.35. The van der Waals surface area contributed by atoms with Crippen LogP contribution < -0.4 is 5.73 Å². The van der Waals surface area contributed by atoms with E-state index >= 15 is 0 Å². The van der Waals surface area contributed by atoms with Gasteiger partial charge in [-0.1, -0.05) is 13.8 Å². The molecule has 2 saturated heterocycles. The number of fused-ring (bicyclic) bond motifs is 1. The van der Waals surface area contributed by atoms with E-state index in [0.717, 1.165) is 32.7 Å². The SMILES string of the molecule is CC1CN(C(N)=NC2C3CCCOC3C2(C)C)CCO1.I. The highest BCUT2D eigenvalue weighted by Gasteiger charge is 2.58. The molecule has 4 atom stereocenters. The number of rotatable bonds is 1. The summed E-state index contributed by atoms with van der Waals surface area (Å²) in [5, 5.41) is 0. The first kappa shape index (κ1) is 17.3. The van der Waals surface area contributed by atoms with Crippen molar-refractivity contribution in [1.82, 2.24) is 4.90 Å². The zero-order valence-electron chi connectivity index (χ0n) is 13.2. The molecule has 2 aliphatic heterocycles. The van der Waals surface area contributed by atoms with Crippen LogP contribution >= 0.6 is 24.0 Å². The van der Waals surface area contributed by atoms with Crippen LogP contribution in [0.15, 0.2) is 4.99 Å². The minimum Gasteiger partial charge on any atom is -0.377 e. The predicted octanol–water partition coefficient (Wildman–Crippen LogP) is 1.84. The van der Waals surface area contributed by atoms with Crippen molar-refractivity contribution in [3.05, 3.63) is 0 Å². The average Bonchev–Trinajstić information content (AvgIpc) is 2.44. The van der Waals surface area contributed by atoms with Crippen molar-refractivity contribution in [3.63, 3.8) is 0 Å². The monoisotopic (exact) mass is 409 g/mol. The van der Waals surface area contributed by atoms with Gasteiger partial charge in [-0.2, -0.15) is 0 Å². The van der Waals surface area contributed by atoms with Crippen LogP contribution in [0.1, 0.15) is 33.6 Å². The Morgan fingerprint density at radius 1 is 1.29 bits per heavy atom. The molecule has 0 spiro atoms. The first-order chi connectivity index (χ1) is 9.50. The first-order valence-corrected chi connectivity index (χ1v) is 7.81. The number of nitrogens with two attached hydrogens (primary N) is 1. The average molecular weight is 409 g/mol. The van der Waals surface area contributed by atoms with Crippen LogP contribution in [0.4, 0.5) is 0 Å². The third kappa shape index (κ3) is 3.17. The molecule has 6 heteroatoms. The number of hydrogen-bond donors (Lipinski definition) is 1. The Balaban J connectivity index is 0.00000161. The molecule has 5 nitrogen and oxygen atoms in total. The molecular formula is C15H28IN3O2. The normalized spacial score (nSPS) is 39.0. The van der Waals surface area contributed by atoms with Crippen LogP contribution in [0.3, 0.4) is 0 Å². The maximum atomic E-state index is 6.24. The molecule has 0 bridgehead atoms. The van der Waals surface area contributed by atoms with E-state index in [0.29, 0.717) is 24.0 Å². The Morgan fingerprint density at radius 3 is 2.76 bits per heavy atom. The highest BCUT2D eigenvalue weighted by Crippen LogP contribution is 2.53. The fourth-order valence-corrected chi connectivity index (χ4v) is 4.01.